The maximum Gasteiger partial charge on any atom is 0.0633 e. The average Bonchev–Trinajstić information content (AvgIpc) is 1.89. The van der Waals surface area contributed by atoms with Crippen LogP contribution < -0.4 is 5.73 Å². The summed E-state index contributed by atoms with van der Waals surface area (Å²) in [5.74, 6) is 0. The Labute approximate surface area is 63.1 Å². The molecule has 3 nitrogen and oxygen atoms in total. The second-order valence-corrected chi connectivity index (χ2v) is 2.51. The fraction of sp³-hybridized carbons (Fsp3) is 1.00. The molecule has 3 heteroatoms. The molecule has 62 valence electrons. The van der Waals surface area contributed by atoms with E-state index < -0.39 is 0 Å². The highest BCUT2D eigenvalue weighted by atomic mass is 16.5. The number of likely N-dealkylation sites (N-methyl/N-ethyl adjacent to an activating group) is 1. The molecular weight excluding hydrogens is 128 g/mol. The van der Waals surface area contributed by atoms with Gasteiger partial charge in [0.05, 0.1) is 6.61 Å². The van der Waals surface area contributed by atoms with E-state index in [0.29, 0.717) is 12.6 Å². The van der Waals surface area contributed by atoms with Gasteiger partial charge in [0.2, 0.25) is 0 Å². The second kappa shape index (κ2) is 5.65. The zero-order chi connectivity index (χ0) is 7.98. The predicted octanol–water partition coefficient (Wildman–Crippen LogP) is -0.0882. The number of nitrogens with zero attached hydrogens (tertiary/aromatic N) is 1. The molecule has 0 heterocycles. The molecule has 0 aromatic carbocycles. The third-order valence-electron chi connectivity index (χ3n) is 1.52. The molecule has 0 fully saturated rings. The van der Waals surface area contributed by atoms with Crippen LogP contribution in [0.15, 0.2) is 0 Å². The van der Waals surface area contributed by atoms with Crippen molar-refractivity contribution in [1.29, 1.82) is 0 Å². The minimum Gasteiger partial charge on any atom is -0.380 e. The van der Waals surface area contributed by atoms with Gasteiger partial charge in [-0.15, -0.1) is 0 Å². The van der Waals surface area contributed by atoms with Crippen LogP contribution in [0.25, 0.3) is 0 Å². The van der Waals surface area contributed by atoms with Crippen LogP contribution in [0, 0.1) is 0 Å². The first kappa shape index (κ1) is 9.88. The second-order valence-electron chi connectivity index (χ2n) is 2.51. The van der Waals surface area contributed by atoms with Crippen molar-refractivity contribution in [2.24, 2.45) is 5.73 Å². The summed E-state index contributed by atoms with van der Waals surface area (Å²) < 4.78 is 5.23. The lowest BCUT2D eigenvalue weighted by Gasteiger charge is -2.21. The van der Waals surface area contributed by atoms with Gasteiger partial charge < -0.3 is 15.4 Å². The summed E-state index contributed by atoms with van der Waals surface area (Å²) >= 11 is 0. The summed E-state index contributed by atoms with van der Waals surface area (Å²) in [5.41, 5.74) is 5.49. The third-order valence-corrected chi connectivity index (χ3v) is 1.52. The molecule has 0 aliphatic heterocycles. The van der Waals surface area contributed by atoms with E-state index >= 15 is 0 Å². The van der Waals surface area contributed by atoms with Gasteiger partial charge in [-0.3, -0.25) is 0 Å². The van der Waals surface area contributed by atoms with Crippen molar-refractivity contribution in [3.63, 3.8) is 0 Å². The van der Waals surface area contributed by atoms with Gasteiger partial charge in [0, 0.05) is 19.2 Å². The fourth-order valence-corrected chi connectivity index (χ4v) is 0.682. The van der Waals surface area contributed by atoms with E-state index in [1.807, 2.05) is 21.0 Å². The van der Waals surface area contributed by atoms with Crippen molar-refractivity contribution in [3.05, 3.63) is 0 Å². The highest BCUT2D eigenvalue weighted by Crippen LogP contribution is 1.90. The summed E-state index contributed by atoms with van der Waals surface area (Å²) in [6.45, 7) is 4.15. The molecule has 0 radical (unpaired) electrons. The van der Waals surface area contributed by atoms with Crippen molar-refractivity contribution >= 4 is 0 Å². The largest absolute Gasteiger partial charge is 0.380 e. The smallest absolute Gasteiger partial charge is 0.0633 e. The van der Waals surface area contributed by atoms with Crippen LogP contribution in [0.4, 0.5) is 0 Å². The molecule has 2 N–H and O–H groups in total. The van der Waals surface area contributed by atoms with E-state index in [0.717, 1.165) is 13.2 Å². The maximum atomic E-state index is 5.49. The first-order chi connectivity index (χ1) is 4.72. The quantitative estimate of drug-likeness (QED) is 0.589. The van der Waals surface area contributed by atoms with Gasteiger partial charge >= 0.3 is 0 Å². The summed E-state index contributed by atoms with van der Waals surface area (Å²) in [7, 11) is 4.02. The molecular formula is C7H18N2O. The Bertz CT molecular complexity index is 76.0. The average molecular weight is 146 g/mol. The Balaban J connectivity index is 3.40. The summed E-state index contributed by atoms with van der Waals surface area (Å²) in [6, 6.07) is 0.361. The van der Waals surface area contributed by atoms with E-state index in [9.17, 15) is 0 Å². The van der Waals surface area contributed by atoms with Gasteiger partial charge in [0.1, 0.15) is 0 Å². The lowest BCUT2D eigenvalue weighted by Crippen LogP contribution is -2.38. The topological polar surface area (TPSA) is 38.5 Å². The predicted molar refractivity (Wildman–Crippen MR) is 43.0 cm³/mol. The van der Waals surface area contributed by atoms with Crippen molar-refractivity contribution in [2.75, 3.05) is 33.9 Å². The number of nitrogens with two attached hydrogens (primary N) is 1. The molecule has 0 bridgehead atoms. The van der Waals surface area contributed by atoms with Crippen molar-refractivity contribution < 1.29 is 4.74 Å². The van der Waals surface area contributed by atoms with Gasteiger partial charge in [0.15, 0.2) is 0 Å². The van der Waals surface area contributed by atoms with Crippen LogP contribution in [0.1, 0.15) is 6.92 Å². The Morgan fingerprint density at radius 2 is 2.10 bits per heavy atom. The minimum atomic E-state index is 0.361. The van der Waals surface area contributed by atoms with Crippen LogP contribution in [0.5, 0.6) is 0 Å². The van der Waals surface area contributed by atoms with E-state index in [4.69, 9.17) is 10.5 Å². The van der Waals surface area contributed by atoms with E-state index in [1.54, 1.807) is 0 Å². The van der Waals surface area contributed by atoms with Gasteiger partial charge in [-0.05, 0) is 21.0 Å². The van der Waals surface area contributed by atoms with Crippen LogP contribution in [-0.4, -0.2) is 44.8 Å². The molecule has 1 atom stereocenters. The first-order valence-corrected chi connectivity index (χ1v) is 3.66. The number of ether oxygens (including phenoxy) is 1. The van der Waals surface area contributed by atoms with Gasteiger partial charge in [-0.1, -0.05) is 0 Å². The summed E-state index contributed by atoms with van der Waals surface area (Å²) in [5, 5.41) is 0. The maximum absolute atomic E-state index is 5.49. The fourth-order valence-electron chi connectivity index (χ4n) is 0.682. The first-order valence-electron chi connectivity index (χ1n) is 3.66. The highest BCUT2D eigenvalue weighted by molar-refractivity contribution is 4.64. The van der Waals surface area contributed by atoms with Gasteiger partial charge in [-0.25, -0.2) is 0 Å². The molecule has 0 aromatic heterocycles. The lowest BCUT2D eigenvalue weighted by molar-refractivity contribution is 0.0911. The Hall–Kier alpha value is -0.120. The van der Waals surface area contributed by atoms with Gasteiger partial charge in [-0.2, -0.15) is 0 Å². The standard InChI is InChI=1S/C7H18N2O/c1-4-10-6-7(5-8)9(2)3/h7H,4-6,8H2,1-3H3. The zero-order valence-electron chi connectivity index (χ0n) is 7.13. The molecule has 0 amide bonds. The summed E-state index contributed by atoms with van der Waals surface area (Å²) in [4.78, 5) is 2.08. The monoisotopic (exact) mass is 146 g/mol. The summed E-state index contributed by atoms with van der Waals surface area (Å²) in [6.07, 6.45) is 0. The van der Waals surface area contributed by atoms with Crippen LogP contribution >= 0.6 is 0 Å². The van der Waals surface area contributed by atoms with Gasteiger partial charge in [0.25, 0.3) is 0 Å². The van der Waals surface area contributed by atoms with E-state index in [1.165, 1.54) is 0 Å². The SMILES string of the molecule is CCOCC(CN)N(C)C. The van der Waals surface area contributed by atoms with Crippen LogP contribution in [0.3, 0.4) is 0 Å². The van der Waals surface area contributed by atoms with Crippen molar-refractivity contribution in [1.82, 2.24) is 4.90 Å². The third kappa shape index (κ3) is 3.82. The Morgan fingerprint density at radius 1 is 1.50 bits per heavy atom. The number of hydrogen-bond donors (Lipinski definition) is 1. The molecule has 0 aliphatic carbocycles. The van der Waals surface area contributed by atoms with E-state index in [-0.39, 0.29) is 0 Å². The molecule has 1 unspecified atom stereocenters. The molecule has 0 rings (SSSR count). The van der Waals surface area contributed by atoms with E-state index in [2.05, 4.69) is 4.90 Å². The lowest BCUT2D eigenvalue weighted by atomic mass is 10.3. The van der Waals surface area contributed by atoms with Crippen LogP contribution in [-0.2, 0) is 4.74 Å². The highest BCUT2D eigenvalue weighted by Gasteiger charge is 2.07. The molecule has 0 saturated carbocycles. The van der Waals surface area contributed by atoms with Crippen molar-refractivity contribution in [2.45, 2.75) is 13.0 Å². The normalized spacial score (nSPS) is 14.1. The van der Waals surface area contributed by atoms with Crippen LogP contribution in [0.2, 0.25) is 0 Å². The van der Waals surface area contributed by atoms with Crippen molar-refractivity contribution in [3.8, 4) is 0 Å². The number of rotatable bonds is 5. The Kier molecular flexibility index (Phi) is 5.58. The zero-order valence-corrected chi connectivity index (χ0v) is 7.13. The minimum absolute atomic E-state index is 0.361. The Morgan fingerprint density at radius 3 is 2.40 bits per heavy atom. The molecule has 10 heavy (non-hydrogen) atoms. The molecule has 0 spiro atoms. The molecule has 0 saturated heterocycles. The molecule has 0 aromatic rings. The molecule has 0 aliphatic rings. The number of hydrogen-bond acceptors (Lipinski definition) is 3.